The number of hydrogen-bond donors (Lipinski definition) is 11. The number of nitrogen functional groups attached to an aromatic ring is 4. The molecule has 43 heteroatoms. The van der Waals surface area contributed by atoms with Gasteiger partial charge in [-0.1, -0.05) is 12.2 Å². The smallest absolute Gasteiger partial charge is 0.386 e. The highest BCUT2D eigenvalue weighted by Crippen LogP contribution is 2.58. The Morgan fingerprint density at radius 3 is 1.47 bits per heavy atom. The summed E-state index contributed by atoms with van der Waals surface area (Å²) in [4.78, 5) is 109. The zero-order chi connectivity index (χ0) is 56.3. The summed E-state index contributed by atoms with van der Waals surface area (Å²) in [6, 6.07) is 0. The van der Waals surface area contributed by atoms with Gasteiger partial charge in [-0.15, -0.1) is 0 Å². The number of ether oxygens (including phenoxy) is 4. The van der Waals surface area contributed by atoms with Crippen molar-refractivity contribution in [1.29, 1.82) is 0 Å². The lowest BCUT2D eigenvalue weighted by Gasteiger charge is -2.27. The fourth-order valence-corrected chi connectivity index (χ4v) is 13.4. The highest BCUT2D eigenvalue weighted by molar-refractivity contribution is 8.44. The quantitative estimate of drug-likeness (QED) is 0.0269. The average Bonchev–Trinajstić information content (AvgIpc) is 4.40. The molecule has 37 nitrogen and oxygen atoms in total. The number of nitrogens with two attached hydrogens (primary N) is 4. The minimum Gasteiger partial charge on any atom is -0.394 e. The fraction of sp³-hybridized carbons (Fsp3) is 0.556. The molecule has 0 radical (unpaired) electrons. The first-order valence-electron chi connectivity index (χ1n) is 23.2. The number of rotatable bonds is 20. The Balaban J connectivity index is 0.829. The summed E-state index contributed by atoms with van der Waals surface area (Å²) < 4.78 is 77.9. The Morgan fingerprint density at radius 1 is 0.595 bits per heavy atom. The van der Waals surface area contributed by atoms with Crippen LogP contribution < -0.4 is 45.4 Å². The van der Waals surface area contributed by atoms with Crippen molar-refractivity contribution in [1.82, 2.24) is 68.1 Å². The first-order valence-corrected chi connectivity index (χ1v) is 31.0. The number of imidazole rings is 2. The van der Waals surface area contributed by atoms with Gasteiger partial charge in [-0.05, 0) is 23.6 Å². The van der Waals surface area contributed by atoms with Gasteiger partial charge in [0.2, 0.25) is 23.8 Å². The van der Waals surface area contributed by atoms with Gasteiger partial charge in [0.1, 0.15) is 68.1 Å². The number of hydrogen-bond acceptors (Lipinski definition) is 31. The Hall–Kier alpha value is -5.16. The predicted molar refractivity (Wildman–Crippen MR) is 276 cm³/mol. The van der Waals surface area contributed by atoms with Crippen LogP contribution in [0.15, 0.2) is 44.5 Å². The molecule has 79 heavy (non-hydrogen) atoms. The molecule has 428 valence electrons. The summed E-state index contributed by atoms with van der Waals surface area (Å²) in [7, 11) is 0. The van der Waals surface area contributed by atoms with Crippen molar-refractivity contribution in [2.45, 2.75) is 99.4 Å². The van der Waals surface area contributed by atoms with Crippen molar-refractivity contribution in [2.75, 3.05) is 49.4 Å². The summed E-state index contributed by atoms with van der Waals surface area (Å²) >= 11 is 15.0. The molecule has 4 aliphatic rings. The van der Waals surface area contributed by atoms with Crippen LogP contribution in [-0.2, 0) is 74.3 Å². The number of aromatic nitrogens is 14. The van der Waals surface area contributed by atoms with Gasteiger partial charge in [-0.3, -0.25) is 46.9 Å². The Bertz CT molecular complexity index is 3670. The lowest BCUT2D eigenvalue weighted by Crippen LogP contribution is -2.31. The van der Waals surface area contributed by atoms with Crippen molar-refractivity contribution in [3.8, 4) is 0 Å². The minimum absolute atomic E-state index is 0.00460. The maximum Gasteiger partial charge on any atom is 0.386 e. The molecule has 0 aromatic carbocycles. The third kappa shape index (κ3) is 12.7. The highest BCUT2D eigenvalue weighted by atomic mass is 32.7. The topological polar surface area (TPSA) is 517 Å². The molecule has 0 spiro atoms. The number of anilines is 4. The molecule has 4 fully saturated rings. The number of thiol groups is 1. The summed E-state index contributed by atoms with van der Waals surface area (Å²) in [6.45, 7) is -15.7. The van der Waals surface area contributed by atoms with Crippen LogP contribution in [0, 0.1) is 0 Å². The lowest BCUT2D eigenvalue weighted by molar-refractivity contribution is -0.0549. The molecular formula is C36H47N18O19P3S3. The molecule has 0 saturated carbocycles. The van der Waals surface area contributed by atoms with Crippen molar-refractivity contribution in [3.05, 3.63) is 67.0 Å². The van der Waals surface area contributed by atoms with E-state index < -0.39 is 143 Å². The van der Waals surface area contributed by atoms with Crippen LogP contribution in [0.5, 0.6) is 0 Å². The van der Waals surface area contributed by atoms with Gasteiger partial charge in [-0.25, -0.2) is 34.1 Å². The monoisotopic (exact) mass is 1220 g/mol. The maximum atomic E-state index is 14.3. The third-order valence-electron chi connectivity index (χ3n) is 12.6. The molecule has 0 amide bonds. The summed E-state index contributed by atoms with van der Waals surface area (Å²) in [5.41, 5.74) is 19.7. The van der Waals surface area contributed by atoms with Gasteiger partial charge < -0.3 is 80.0 Å². The van der Waals surface area contributed by atoms with Crippen LogP contribution in [0.25, 0.3) is 22.3 Å². The lowest BCUT2D eigenvalue weighted by atomic mass is 10.2. The van der Waals surface area contributed by atoms with Crippen LogP contribution >= 0.6 is 32.5 Å². The van der Waals surface area contributed by atoms with E-state index in [2.05, 4.69) is 62.1 Å². The molecule has 6 aromatic heterocycles. The molecule has 6 aromatic rings. The maximum absolute atomic E-state index is 14.3. The second-order valence-corrected chi connectivity index (χ2v) is 26.3. The number of nitrogens with zero attached hydrogens (tertiary/aromatic N) is 12. The number of nitrogens with one attached hydrogen (secondary N) is 2. The van der Waals surface area contributed by atoms with E-state index in [0.717, 1.165) is 21.8 Å². The molecule has 4 aliphatic heterocycles. The van der Waals surface area contributed by atoms with Crippen molar-refractivity contribution < 1.29 is 70.7 Å². The molecular weight excluding hydrogens is 1180 g/mol. The summed E-state index contributed by atoms with van der Waals surface area (Å²) in [6.07, 6.45) is -10.0. The third-order valence-corrected chi connectivity index (χ3v) is 17.4. The van der Waals surface area contributed by atoms with E-state index in [1.165, 1.54) is 21.8 Å². The summed E-state index contributed by atoms with van der Waals surface area (Å²) in [5, 5.41) is 21.0. The average molecular weight is 1230 g/mol. The van der Waals surface area contributed by atoms with E-state index in [1.54, 1.807) is 0 Å². The Labute approximate surface area is 455 Å². The highest BCUT2D eigenvalue weighted by Gasteiger charge is 2.47. The van der Waals surface area contributed by atoms with Crippen LogP contribution in [-0.4, -0.2) is 163 Å². The van der Waals surface area contributed by atoms with E-state index in [0.29, 0.717) is 0 Å². The Morgan fingerprint density at radius 2 is 0.987 bits per heavy atom. The van der Waals surface area contributed by atoms with Gasteiger partial charge >= 0.3 is 31.6 Å². The first-order chi connectivity index (χ1) is 37.4. The van der Waals surface area contributed by atoms with Gasteiger partial charge in [0.25, 0.3) is 11.1 Å². The molecule has 10 rings (SSSR count). The molecule has 14 N–H and O–H groups in total. The van der Waals surface area contributed by atoms with Crippen LogP contribution in [0.3, 0.4) is 0 Å². The molecule has 7 unspecified atom stereocenters. The summed E-state index contributed by atoms with van der Waals surface area (Å²) in [5.74, 6) is -1.05. The standard InChI is InChI=1S/C36H47N18O19P3S3/c37-31-43-11-53(35(59)49-31)21-1-13(56)18(68-21)6-64-74(61,77)72-15-3-23(52-10-42-26-28(52)46-34(40)48-30(26)58)69-19(15)7-66-76(63,79)73-16-4-24(54-12-44-32(38)50-36(54)60)70-20(16)8-65-75(62,78)71-14-2-22(67-17(14)5-55)51-9-41-25-27(51)45-33(39)47-29(25)57/h9-24,55-56H,1-8H2,(H,61,77)(H,62,78)(H,63,79)(H2,37,49,59)(H2,38,50,60)(H3,39,45,47,57)(H3,40,46,48,58)/t13?,14?,15?,16?,17-,18-,19-,20-,21-,22-,23-,24-,74?,75?,76?/m1/s1. The molecule has 0 bridgehead atoms. The number of aromatic amines is 2. The minimum atomic E-state index is -4.61. The molecule has 15 atom stereocenters. The van der Waals surface area contributed by atoms with Gasteiger partial charge in [0.05, 0.1) is 57.4 Å². The fourth-order valence-electron chi connectivity index (χ4n) is 8.97. The zero-order valence-electron chi connectivity index (χ0n) is 40.1. The van der Waals surface area contributed by atoms with Crippen molar-refractivity contribution in [3.63, 3.8) is 0 Å². The second-order valence-electron chi connectivity index (χ2n) is 17.8. The number of aliphatic hydroxyl groups excluding tert-OH is 2. The molecule has 0 aliphatic carbocycles. The van der Waals surface area contributed by atoms with E-state index in [1.807, 2.05) is 0 Å². The van der Waals surface area contributed by atoms with Gasteiger partial charge in [0, 0.05) is 25.7 Å². The van der Waals surface area contributed by atoms with Crippen molar-refractivity contribution in [2.24, 2.45) is 0 Å². The van der Waals surface area contributed by atoms with Gasteiger partial charge in [-0.2, -0.15) is 19.9 Å². The van der Waals surface area contributed by atoms with E-state index >= 15 is 0 Å². The van der Waals surface area contributed by atoms with E-state index in [4.69, 9.17) is 92.6 Å². The van der Waals surface area contributed by atoms with Crippen LogP contribution in [0.4, 0.5) is 23.8 Å². The zero-order valence-corrected chi connectivity index (χ0v) is 45.3. The Kier molecular flexibility index (Phi) is 16.4. The predicted octanol–water partition coefficient (Wildman–Crippen LogP) is -2.93. The molecule has 10 heterocycles. The largest absolute Gasteiger partial charge is 0.394 e. The van der Waals surface area contributed by atoms with E-state index in [9.17, 15) is 43.7 Å². The van der Waals surface area contributed by atoms with Crippen LogP contribution in [0.2, 0.25) is 0 Å². The van der Waals surface area contributed by atoms with E-state index in [-0.39, 0.29) is 71.8 Å². The van der Waals surface area contributed by atoms with Crippen LogP contribution in [0.1, 0.15) is 50.6 Å². The van der Waals surface area contributed by atoms with Gasteiger partial charge in [0.15, 0.2) is 22.3 Å². The number of fused-ring (bicyclic) bond motifs is 2. The number of aliphatic hydroxyl groups is 2. The normalized spacial score (nSPS) is 29.5. The van der Waals surface area contributed by atoms with Crippen molar-refractivity contribution >= 4 is 102 Å². The first kappa shape index (κ1) is 57.1. The SMILES string of the molecule is Nc1ncn([C@H]2CC(O)[C@@H](COP(O)(=S)OC3C[C@H](n4cnc5c(=O)[nH]c(N)nc54)O[C@@H]3COP(=O)(S)OC3C[C@H](n4cnc(N)nc4=O)O[C@@H]3COP(O)(=S)OC3C[C@H](n4cnc5c(=O)[nH]c(N)nc54)O[C@@H]3CO)O2)c(=O)n1. The molecule has 4 saturated heterocycles. The second kappa shape index (κ2) is 22.6. The number of H-pyrrole nitrogens is 2.